The monoisotopic (exact) mass is 278 g/mol. The first-order valence-corrected chi connectivity index (χ1v) is 8.57. The Morgan fingerprint density at radius 2 is 1.40 bits per heavy atom. The van der Waals surface area contributed by atoms with Gasteiger partial charge in [-0.3, -0.25) is 9.80 Å². The van der Waals surface area contributed by atoms with Crippen LogP contribution in [0.2, 0.25) is 0 Å². The van der Waals surface area contributed by atoms with Gasteiger partial charge in [0.05, 0.1) is 12.8 Å². The van der Waals surface area contributed by atoms with Crippen molar-refractivity contribution in [1.82, 2.24) is 9.80 Å². The van der Waals surface area contributed by atoms with Gasteiger partial charge in [0.25, 0.3) is 0 Å². The molecule has 1 saturated carbocycles. The average molecular weight is 278 g/mol. The molecule has 4 aliphatic heterocycles. The molecule has 0 aromatic rings. The van der Waals surface area contributed by atoms with Crippen LogP contribution in [0.5, 0.6) is 0 Å². The fraction of sp³-hybridized carbons (Fsp3) is 1.00. The Bertz CT molecular complexity index is 366. The van der Waals surface area contributed by atoms with E-state index in [-0.39, 0.29) is 5.41 Å². The molecular formula is C17H30N2O. The zero-order valence-corrected chi connectivity index (χ0v) is 13.2. The average Bonchev–Trinajstić information content (AvgIpc) is 2.36. The molecule has 0 aromatic carbocycles. The molecule has 5 fully saturated rings. The van der Waals surface area contributed by atoms with E-state index in [1.54, 1.807) is 0 Å². The van der Waals surface area contributed by atoms with Crippen molar-refractivity contribution in [1.29, 1.82) is 0 Å². The number of aliphatic hydroxyl groups is 1. The first-order valence-electron chi connectivity index (χ1n) is 8.57. The van der Waals surface area contributed by atoms with Crippen LogP contribution in [0.1, 0.15) is 52.4 Å². The molecule has 3 heteroatoms. The van der Waals surface area contributed by atoms with E-state index in [9.17, 15) is 5.11 Å². The van der Waals surface area contributed by atoms with Gasteiger partial charge in [0, 0.05) is 31.6 Å². The summed E-state index contributed by atoms with van der Waals surface area (Å²) in [5.74, 6) is 0. The Hall–Kier alpha value is -0.120. The molecule has 20 heavy (non-hydrogen) atoms. The van der Waals surface area contributed by atoms with Crippen LogP contribution >= 0.6 is 0 Å². The van der Waals surface area contributed by atoms with E-state index in [4.69, 9.17) is 0 Å². The maximum absolute atomic E-state index is 10.2. The topological polar surface area (TPSA) is 26.7 Å². The minimum atomic E-state index is 0.165. The summed E-state index contributed by atoms with van der Waals surface area (Å²) in [4.78, 5) is 5.50. The fourth-order valence-corrected chi connectivity index (χ4v) is 6.53. The number of nitrogens with zero attached hydrogens (tertiary/aromatic N) is 2. The van der Waals surface area contributed by atoms with Crippen LogP contribution in [0.25, 0.3) is 0 Å². The lowest BCUT2D eigenvalue weighted by Crippen LogP contribution is -2.77. The van der Waals surface area contributed by atoms with Crippen molar-refractivity contribution in [3.8, 4) is 0 Å². The predicted octanol–water partition coefficient (Wildman–Crippen LogP) is 2.30. The molecule has 0 amide bonds. The number of aliphatic hydroxyl groups excluding tert-OH is 1. The highest BCUT2D eigenvalue weighted by Crippen LogP contribution is 2.55. The predicted molar refractivity (Wildman–Crippen MR) is 80.4 cm³/mol. The molecule has 4 bridgehead atoms. The van der Waals surface area contributed by atoms with E-state index in [2.05, 4.69) is 23.6 Å². The third-order valence-corrected chi connectivity index (χ3v) is 6.60. The Kier molecular flexibility index (Phi) is 2.85. The summed E-state index contributed by atoms with van der Waals surface area (Å²) in [5.41, 5.74) is 1.15. The second-order valence-corrected chi connectivity index (χ2v) is 9.06. The second-order valence-electron chi connectivity index (χ2n) is 9.06. The largest absolute Gasteiger partial charge is 0.396 e. The highest BCUT2D eigenvalue weighted by molar-refractivity contribution is 5.11. The van der Waals surface area contributed by atoms with E-state index in [1.165, 1.54) is 64.7 Å². The molecule has 0 spiro atoms. The molecule has 4 heterocycles. The van der Waals surface area contributed by atoms with Crippen LogP contribution in [0.4, 0.5) is 0 Å². The molecule has 3 nitrogen and oxygen atoms in total. The minimum absolute atomic E-state index is 0.165. The Balaban J connectivity index is 1.67. The lowest BCUT2D eigenvalue weighted by molar-refractivity contribution is -0.235. The summed E-state index contributed by atoms with van der Waals surface area (Å²) in [5, 5.41) is 10.2. The zero-order chi connectivity index (χ0) is 14.0. The summed E-state index contributed by atoms with van der Waals surface area (Å²) in [7, 11) is 0. The Labute approximate surface area is 123 Å². The van der Waals surface area contributed by atoms with Gasteiger partial charge in [-0.05, 0) is 30.1 Å². The molecule has 0 radical (unpaired) electrons. The summed E-state index contributed by atoms with van der Waals surface area (Å²) < 4.78 is 0. The van der Waals surface area contributed by atoms with Crippen LogP contribution in [0, 0.1) is 16.2 Å². The highest BCUT2D eigenvalue weighted by Gasteiger charge is 2.60. The SMILES string of the molecule is CC12CN3CC(C)(CN(C1)C3C1(CO)CCCCC1)C2. The van der Waals surface area contributed by atoms with Gasteiger partial charge in [-0.25, -0.2) is 0 Å². The normalized spacial score (nSPS) is 53.2. The molecule has 5 rings (SSSR count). The van der Waals surface area contributed by atoms with Crippen LogP contribution in [-0.4, -0.2) is 53.9 Å². The smallest absolute Gasteiger partial charge is 0.0703 e. The van der Waals surface area contributed by atoms with E-state index < -0.39 is 0 Å². The first kappa shape index (κ1) is 13.5. The van der Waals surface area contributed by atoms with Crippen molar-refractivity contribution in [2.45, 2.75) is 58.5 Å². The molecule has 114 valence electrons. The third-order valence-electron chi connectivity index (χ3n) is 6.60. The minimum Gasteiger partial charge on any atom is -0.396 e. The van der Waals surface area contributed by atoms with Crippen LogP contribution in [0.15, 0.2) is 0 Å². The van der Waals surface area contributed by atoms with Gasteiger partial charge in [-0.15, -0.1) is 0 Å². The molecule has 0 unspecified atom stereocenters. The van der Waals surface area contributed by atoms with Gasteiger partial charge >= 0.3 is 0 Å². The van der Waals surface area contributed by atoms with Gasteiger partial charge in [0.2, 0.25) is 0 Å². The van der Waals surface area contributed by atoms with Crippen molar-refractivity contribution >= 4 is 0 Å². The molecule has 4 saturated heterocycles. The van der Waals surface area contributed by atoms with Crippen molar-refractivity contribution in [2.24, 2.45) is 16.2 Å². The summed E-state index contributed by atoms with van der Waals surface area (Å²) in [6.07, 6.45) is 8.37. The highest BCUT2D eigenvalue weighted by atomic mass is 16.3. The zero-order valence-electron chi connectivity index (χ0n) is 13.2. The van der Waals surface area contributed by atoms with Gasteiger partial charge in [0.1, 0.15) is 0 Å². The standard InChI is InChI=1S/C17H30N2O/c1-15-8-16(2)11-18(9-15)14(19(10-15)12-16)17(13-20)6-4-3-5-7-17/h14,20H,3-13H2,1-2H3. The molecule has 0 aromatic heterocycles. The summed E-state index contributed by atoms with van der Waals surface area (Å²) in [6, 6.07) is 0. The van der Waals surface area contributed by atoms with Crippen molar-refractivity contribution < 1.29 is 5.11 Å². The Morgan fingerprint density at radius 1 is 0.900 bits per heavy atom. The third kappa shape index (κ3) is 1.82. The fourth-order valence-electron chi connectivity index (χ4n) is 6.53. The van der Waals surface area contributed by atoms with Crippen LogP contribution in [0.3, 0.4) is 0 Å². The molecule has 1 aliphatic carbocycles. The van der Waals surface area contributed by atoms with Gasteiger partial charge < -0.3 is 5.11 Å². The molecule has 5 aliphatic rings. The molecule has 0 atom stereocenters. The van der Waals surface area contributed by atoms with Crippen molar-refractivity contribution in [3.63, 3.8) is 0 Å². The summed E-state index contributed by atoms with van der Waals surface area (Å²) in [6.45, 7) is 10.4. The quantitative estimate of drug-likeness (QED) is 0.839. The molecular weight excluding hydrogens is 248 g/mol. The van der Waals surface area contributed by atoms with Crippen LogP contribution < -0.4 is 0 Å². The second kappa shape index (κ2) is 4.21. The van der Waals surface area contributed by atoms with Crippen molar-refractivity contribution in [2.75, 3.05) is 32.8 Å². The lowest BCUT2D eigenvalue weighted by atomic mass is 9.60. The van der Waals surface area contributed by atoms with E-state index in [0.717, 1.165) is 0 Å². The Morgan fingerprint density at radius 3 is 1.85 bits per heavy atom. The number of piperidine rings is 2. The lowest BCUT2D eigenvalue weighted by Gasteiger charge is -2.69. The van der Waals surface area contributed by atoms with Gasteiger partial charge in [-0.2, -0.15) is 0 Å². The van der Waals surface area contributed by atoms with Crippen LogP contribution in [-0.2, 0) is 0 Å². The first-order chi connectivity index (χ1) is 9.48. The summed E-state index contributed by atoms with van der Waals surface area (Å²) >= 11 is 0. The maximum Gasteiger partial charge on any atom is 0.0703 e. The molecule has 1 N–H and O–H groups in total. The van der Waals surface area contributed by atoms with E-state index in [0.29, 0.717) is 23.6 Å². The van der Waals surface area contributed by atoms with Gasteiger partial charge in [-0.1, -0.05) is 33.1 Å². The van der Waals surface area contributed by atoms with E-state index in [1.807, 2.05) is 0 Å². The maximum atomic E-state index is 10.2. The van der Waals surface area contributed by atoms with Crippen molar-refractivity contribution in [3.05, 3.63) is 0 Å². The van der Waals surface area contributed by atoms with E-state index >= 15 is 0 Å². The number of rotatable bonds is 2. The van der Waals surface area contributed by atoms with Gasteiger partial charge in [0.15, 0.2) is 0 Å². The number of hydrogen-bond acceptors (Lipinski definition) is 3. The number of hydrogen-bond donors (Lipinski definition) is 1.